The third kappa shape index (κ3) is 6.32. The number of halogens is 1. The van der Waals surface area contributed by atoms with Gasteiger partial charge in [-0.15, -0.1) is 12.4 Å². The molecule has 1 saturated heterocycles. The van der Waals surface area contributed by atoms with Crippen LogP contribution in [0, 0.1) is 0 Å². The van der Waals surface area contributed by atoms with Gasteiger partial charge in [-0.25, -0.2) is 0 Å². The zero-order chi connectivity index (χ0) is 15.1. The molecule has 1 aromatic rings. The van der Waals surface area contributed by atoms with Crippen LogP contribution in [0.15, 0.2) is 30.3 Å². The molecular formula is C16H25ClN2O3. The fourth-order valence-corrected chi connectivity index (χ4v) is 2.32. The Labute approximate surface area is 138 Å². The summed E-state index contributed by atoms with van der Waals surface area (Å²) in [5.41, 5.74) is 7.01. The van der Waals surface area contributed by atoms with Crippen LogP contribution < -0.4 is 11.1 Å². The van der Waals surface area contributed by atoms with Crippen LogP contribution in [0.25, 0.3) is 0 Å². The van der Waals surface area contributed by atoms with Crippen molar-refractivity contribution in [1.29, 1.82) is 0 Å². The van der Waals surface area contributed by atoms with Gasteiger partial charge in [-0.2, -0.15) is 0 Å². The Balaban J connectivity index is 0.00000242. The van der Waals surface area contributed by atoms with Gasteiger partial charge in [-0.05, 0) is 18.9 Å². The van der Waals surface area contributed by atoms with E-state index >= 15 is 0 Å². The average molecular weight is 329 g/mol. The van der Waals surface area contributed by atoms with Gasteiger partial charge in [0.1, 0.15) is 0 Å². The summed E-state index contributed by atoms with van der Waals surface area (Å²) >= 11 is 0. The molecule has 0 saturated carbocycles. The second-order valence-corrected chi connectivity index (χ2v) is 5.51. The van der Waals surface area contributed by atoms with Gasteiger partial charge in [0.25, 0.3) is 0 Å². The first kappa shape index (κ1) is 18.9. The lowest BCUT2D eigenvalue weighted by Crippen LogP contribution is -2.38. The SMILES string of the molecule is CC(COC1CCOC1)NC(=O)CC(N)c1ccccc1.Cl. The van der Waals surface area contributed by atoms with Gasteiger partial charge in [-0.3, -0.25) is 4.79 Å². The Morgan fingerprint density at radius 2 is 2.18 bits per heavy atom. The van der Waals surface area contributed by atoms with Gasteiger partial charge in [0.15, 0.2) is 0 Å². The maximum atomic E-state index is 12.0. The molecule has 1 aromatic carbocycles. The van der Waals surface area contributed by atoms with Crippen molar-refractivity contribution in [2.75, 3.05) is 19.8 Å². The summed E-state index contributed by atoms with van der Waals surface area (Å²) in [7, 11) is 0. The Kier molecular flexibility index (Phi) is 8.42. The van der Waals surface area contributed by atoms with Gasteiger partial charge in [0.2, 0.25) is 5.91 Å². The Morgan fingerprint density at radius 1 is 1.45 bits per heavy atom. The average Bonchev–Trinajstić information content (AvgIpc) is 2.99. The molecule has 1 fully saturated rings. The van der Waals surface area contributed by atoms with E-state index in [0.717, 1.165) is 18.6 Å². The van der Waals surface area contributed by atoms with E-state index in [9.17, 15) is 4.79 Å². The zero-order valence-electron chi connectivity index (χ0n) is 12.9. The number of ether oxygens (including phenoxy) is 2. The predicted octanol–water partition coefficient (Wildman–Crippen LogP) is 1.81. The largest absolute Gasteiger partial charge is 0.379 e. The number of hydrogen-bond acceptors (Lipinski definition) is 4. The number of carbonyl (C=O) groups is 1. The van der Waals surface area contributed by atoms with Crippen LogP contribution in [-0.2, 0) is 14.3 Å². The fourth-order valence-electron chi connectivity index (χ4n) is 2.32. The summed E-state index contributed by atoms with van der Waals surface area (Å²) in [6.45, 7) is 3.85. The van der Waals surface area contributed by atoms with Crippen molar-refractivity contribution in [3.05, 3.63) is 35.9 Å². The molecule has 3 N–H and O–H groups in total. The Bertz CT molecular complexity index is 438. The second kappa shape index (κ2) is 9.79. The lowest BCUT2D eigenvalue weighted by atomic mass is 10.0. The highest BCUT2D eigenvalue weighted by Gasteiger charge is 2.18. The number of nitrogens with two attached hydrogens (primary N) is 1. The molecule has 5 nitrogen and oxygen atoms in total. The highest BCUT2D eigenvalue weighted by molar-refractivity contribution is 5.85. The quantitative estimate of drug-likeness (QED) is 0.800. The first-order chi connectivity index (χ1) is 10.1. The van der Waals surface area contributed by atoms with Crippen molar-refractivity contribution in [2.45, 2.75) is 38.0 Å². The molecule has 1 aliphatic heterocycles. The minimum atomic E-state index is -0.275. The third-order valence-corrected chi connectivity index (χ3v) is 3.51. The summed E-state index contributed by atoms with van der Waals surface area (Å²) in [5.74, 6) is -0.0508. The number of benzene rings is 1. The summed E-state index contributed by atoms with van der Waals surface area (Å²) in [6, 6.07) is 9.35. The summed E-state index contributed by atoms with van der Waals surface area (Å²) in [4.78, 5) is 12.0. The van der Waals surface area contributed by atoms with Crippen molar-refractivity contribution in [3.8, 4) is 0 Å². The van der Waals surface area contributed by atoms with Gasteiger partial charge in [0, 0.05) is 25.1 Å². The van der Waals surface area contributed by atoms with E-state index in [1.54, 1.807) is 0 Å². The molecule has 1 amide bonds. The topological polar surface area (TPSA) is 73.6 Å². The molecule has 124 valence electrons. The van der Waals surface area contributed by atoms with Gasteiger partial charge in [0.05, 0.1) is 19.3 Å². The molecule has 0 aromatic heterocycles. The zero-order valence-corrected chi connectivity index (χ0v) is 13.7. The van der Waals surface area contributed by atoms with E-state index < -0.39 is 0 Å². The van der Waals surface area contributed by atoms with E-state index in [1.165, 1.54) is 0 Å². The monoisotopic (exact) mass is 328 g/mol. The maximum Gasteiger partial charge on any atom is 0.222 e. The Morgan fingerprint density at radius 3 is 2.82 bits per heavy atom. The highest BCUT2D eigenvalue weighted by Crippen LogP contribution is 2.13. The van der Waals surface area contributed by atoms with Crippen LogP contribution in [-0.4, -0.2) is 37.9 Å². The van der Waals surface area contributed by atoms with Crippen molar-refractivity contribution in [3.63, 3.8) is 0 Å². The lowest BCUT2D eigenvalue weighted by Gasteiger charge is -2.18. The maximum absolute atomic E-state index is 12.0. The number of nitrogens with one attached hydrogen (secondary N) is 1. The van der Waals surface area contributed by atoms with Crippen LogP contribution in [0.2, 0.25) is 0 Å². The highest BCUT2D eigenvalue weighted by atomic mass is 35.5. The number of rotatable bonds is 7. The molecule has 1 heterocycles. The molecule has 0 aliphatic carbocycles. The molecule has 0 radical (unpaired) electrons. The first-order valence-electron chi connectivity index (χ1n) is 7.44. The number of carbonyl (C=O) groups excluding carboxylic acids is 1. The molecule has 1 aliphatic rings. The molecule has 3 unspecified atom stereocenters. The first-order valence-corrected chi connectivity index (χ1v) is 7.44. The van der Waals surface area contributed by atoms with Crippen molar-refractivity contribution in [1.82, 2.24) is 5.32 Å². The van der Waals surface area contributed by atoms with Crippen LogP contribution in [0.4, 0.5) is 0 Å². The van der Waals surface area contributed by atoms with Crippen molar-refractivity contribution < 1.29 is 14.3 Å². The molecule has 2 rings (SSSR count). The molecule has 0 bridgehead atoms. The summed E-state index contributed by atoms with van der Waals surface area (Å²) < 4.78 is 10.9. The molecular weight excluding hydrogens is 304 g/mol. The van der Waals surface area contributed by atoms with Gasteiger partial charge < -0.3 is 20.5 Å². The third-order valence-electron chi connectivity index (χ3n) is 3.51. The molecule has 22 heavy (non-hydrogen) atoms. The minimum absolute atomic E-state index is 0. The number of hydrogen-bond donors (Lipinski definition) is 2. The standard InChI is InChI=1S/C16H24N2O3.ClH/c1-12(10-21-14-7-8-20-11-14)18-16(19)9-15(17)13-5-3-2-4-6-13;/h2-6,12,14-15H,7-11,17H2,1H3,(H,18,19);1H. The van der Waals surface area contributed by atoms with E-state index in [2.05, 4.69) is 5.32 Å². The fraction of sp³-hybridized carbons (Fsp3) is 0.562. The van der Waals surface area contributed by atoms with Crippen LogP contribution in [0.3, 0.4) is 0 Å². The predicted molar refractivity (Wildman–Crippen MR) is 88.0 cm³/mol. The second-order valence-electron chi connectivity index (χ2n) is 5.51. The summed E-state index contributed by atoms with van der Waals surface area (Å²) in [6.07, 6.45) is 1.37. The van der Waals surface area contributed by atoms with E-state index in [0.29, 0.717) is 13.2 Å². The van der Waals surface area contributed by atoms with E-state index in [-0.39, 0.29) is 42.9 Å². The number of amides is 1. The van der Waals surface area contributed by atoms with Gasteiger partial charge >= 0.3 is 0 Å². The molecule has 0 spiro atoms. The van der Waals surface area contributed by atoms with E-state index in [4.69, 9.17) is 15.2 Å². The van der Waals surface area contributed by atoms with Crippen molar-refractivity contribution in [2.24, 2.45) is 5.73 Å². The van der Waals surface area contributed by atoms with Crippen LogP contribution in [0.1, 0.15) is 31.4 Å². The van der Waals surface area contributed by atoms with E-state index in [1.807, 2.05) is 37.3 Å². The smallest absolute Gasteiger partial charge is 0.222 e. The lowest BCUT2D eigenvalue weighted by molar-refractivity contribution is -0.122. The van der Waals surface area contributed by atoms with Crippen molar-refractivity contribution >= 4 is 18.3 Å². The molecule has 3 atom stereocenters. The van der Waals surface area contributed by atoms with Crippen LogP contribution in [0.5, 0.6) is 0 Å². The normalized spacial score (nSPS) is 20.0. The minimum Gasteiger partial charge on any atom is -0.379 e. The van der Waals surface area contributed by atoms with Crippen LogP contribution >= 0.6 is 12.4 Å². The van der Waals surface area contributed by atoms with Gasteiger partial charge in [-0.1, -0.05) is 30.3 Å². The summed E-state index contributed by atoms with van der Waals surface area (Å²) in [5, 5.41) is 2.92. The molecule has 6 heteroatoms. The Hall–Kier alpha value is -1.14.